The Bertz CT molecular complexity index is 3420. The lowest BCUT2D eigenvalue weighted by molar-refractivity contribution is 0.660. The van der Waals surface area contributed by atoms with Crippen LogP contribution in [-0.4, -0.2) is 15.0 Å². The van der Waals surface area contributed by atoms with E-state index in [2.05, 4.69) is 184 Å². The van der Waals surface area contributed by atoms with Gasteiger partial charge in [-0.1, -0.05) is 153 Å². The van der Waals surface area contributed by atoms with Crippen LogP contribution < -0.4 is 0 Å². The first-order chi connectivity index (χ1) is 28.0. The maximum atomic E-state index is 5.35. The van der Waals surface area contributed by atoms with Crippen molar-refractivity contribution in [1.29, 1.82) is 0 Å². The van der Waals surface area contributed by atoms with E-state index in [1.54, 1.807) is 0 Å². The van der Waals surface area contributed by atoms with E-state index in [1.807, 2.05) is 6.20 Å². The largest absolute Gasteiger partial charge is 0.255 e. The summed E-state index contributed by atoms with van der Waals surface area (Å²) in [7, 11) is 0. The molecule has 57 heavy (non-hydrogen) atoms. The minimum Gasteiger partial charge on any atom is -0.255 e. The van der Waals surface area contributed by atoms with Crippen molar-refractivity contribution in [2.45, 2.75) is 19.3 Å². The summed E-state index contributed by atoms with van der Waals surface area (Å²) in [5.41, 5.74) is 13.5. The fourth-order valence-corrected chi connectivity index (χ4v) is 9.59. The number of pyridine rings is 1. The number of benzene rings is 9. The molecule has 3 nitrogen and oxygen atoms in total. The molecule has 0 aliphatic heterocycles. The standard InChI is InChI=1S/C54H35N3/c1-54(2)46-16-6-5-15-41(46)42-24-22-37(30-47(42)54)36-12-8-13-38(29-36)51-45-27-19-32-9-3-4-14-40(32)52(45)57-53(56-51)39-23-28-48(55-31-39)43-25-20-35-18-17-33-10-7-11-34-21-26-44(43)50(35)49(33)34/h3-31H,1-2H3. The van der Waals surface area contributed by atoms with Crippen molar-refractivity contribution in [3.8, 4) is 56.2 Å². The number of rotatable bonds is 4. The summed E-state index contributed by atoms with van der Waals surface area (Å²) in [5.74, 6) is 0.658. The van der Waals surface area contributed by atoms with Gasteiger partial charge in [0.25, 0.3) is 0 Å². The highest BCUT2D eigenvalue weighted by atomic mass is 14.9. The molecule has 0 saturated carbocycles. The van der Waals surface area contributed by atoms with E-state index in [4.69, 9.17) is 15.0 Å². The van der Waals surface area contributed by atoms with Crippen LogP contribution in [-0.2, 0) is 5.41 Å². The van der Waals surface area contributed by atoms with Crippen LogP contribution in [0.1, 0.15) is 25.0 Å². The minimum atomic E-state index is -0.0675. The molecule has 1 aliphatic rings. The summed E-state index contributed by atoms with van der Waals surface area (Å²) in [4.78, 5) is 15.7. The molecule has 2 heterocycles. The topological polar surface area (TPSA) is 38.7 Å². The lowest BCUT2D eigenvalue weighted by Crippen LogP contribution is -2.14. The third-order valence-electron chi connectivity index (χ3n) is 12.5. The molecule has 0 spiro atoms. The highest BCUT2D eigenvalue weighted by Crippen LogP contribution is 2.50. The normalized spacial score (nSPS) is 13.2. The molecular formula is C54H35N3. The zero-order valence-electron chi connectivity index (χ0n) is 31.6. The Morgan fingerprint density at radius 1 is 0.404 bits per heavy atom. The third kappa shape index (κ3) is 4.76. The Balaban J connectivity index is 0.988. The maximum Gasteiger partial charge on any atom is 0.162 e. The van der Waals surface area contributed by atoms with Gasteiger partial charge in [0.05, 0.1) is 16.9 Å². The molecule has 0 atom stereocenters. The summed E-state index contributed by atoms with van der Waals surface area (Å²) in [6.07, 6.45) is 1.93. The van der Waals surface area contributed by atoms with Crippen LogP contribution in [0, 0.1) is 0 Å². The van der Waals surface area contributed by atoms with E-state index in [0.29, 0.717) is 5.82 Å². The summed E-state index contributed by atoms with van der Waals surface area (Å²) >= 11 is 0. The maximum absolute atomic E-state index is 5.35. The molecule has 0 fully saturated rings. The van der Waals surface area contributed by atoms with Crippen LogP contribution in [0.3, 0.4) is 0 Å². The average molecular weight is 726 g/mol. The predicted octanol–water partition coefficient (Wildman–Crippen LogP) is 14.0. The monoisotopic (exact) mass is 725 g/mol. The number of hydrogen-bond acceptors (Lipinski definition) is 3. The molecule has 12 rings (SSSR count). The van der Waals surface area contributed by atoms with Gasteiger partial charge >= 0.3 is 0 Å². The van der Waals surface area contributed by atoms with Gasteiger partial charge < -0.3 is 0 Å². The third-order valence-corrected chi connectivity index (χ3v) is 12.5. The molecule has 0 amide bonds. The molecule has 2 aromatic heterocycles. The van der Waals surface area contributed by atoms with Crippen molar-refractivity contribution in [1.82, 2.24) is 15.0 Å². The Hall–Kier alpha value is -7.23. The highest BCUT2D eigenvalue weighted by Gasteiger charge is 2.35. The molecule has 11 aromatic rings. The van der Waals surface area contributed by atoms with Crippen LogP contribution >= 0.6 is 0 Å². The van der Waals surface area contributed by atoms with Crippen molar-refractivity contribution in [2.75, 3.05) is 0 Å². The molecular weight excluding hydrogens is 691 g/mol. The van der Waals surface area contributed by atoms with Gasteiger partial charge in [0, 0.05) is 39.1 Å². The van der Waals surface area contributed by atoms with E-state index in [1.165, 1.54) is 60.1 Å². The van der Waals surface area contributed by atoms with Gasteiger partial charge in [-0.05, 0) is 101 Å². The lowest BCUT2D eigenvalue weighted by Gasteiger charge is -2.22. The quantitative estimate of drug-likeness (QED) is 0.170. The van der Waals surface area contributed by atoms with Crippen molar-refractivity contribution < 1.29 is 0 Å². The fourth-order valence-electron chi connectivity index (χ4n) is 9.59. The van der Waals surface area contributed by atoms with Gasteiger partial charge in [0.2, 0.25) is 0 Å². The molecule has 0 radical (unpaired) electrons. The smallest absolute Gasteiger partial charge is 0.162 e. The minimum absolute atomic E-state index is 0.0675. The van der Waals surface area contributed by atoms with E-state index in [9.17, 15) is 0 Å². The van der Waals surface area contributed by atoms with Crippen LogP contribution in [0.5, 0.6) is 0 Å². The van der Waals surface area contributed by atoms with E-state index < -0.39 is 0 Å². The second-order valence-corrected chi connectivity index (χ2v) is 16.0. The zero-order chi connectivity index (χ0) is 37.8. The first kappa shape index (κ1) is 32.1. The van der Waals surface area contributed by atoms with Gasteiger partial charge in [-0.2, -0.15) is 0 Å². The molecule has 0 bridgehead atoms. The van der Waals surface area contributed by atoms with Crippen molar-refractivity contribution in [3.05, 3.63) is 187 Å². The van der Waals surface area contributed by atoms with E-state index >= 15 is 0 Å². The van der Waals surface area contributed by atoms with Gasteiger partial charge in [-0.25, -0.2) is 9.97 Å². The van der Waals surface area contributed by atoms with Crippen LogP contribution in [0.2, 0.25) is 0 Å². The Morgan fingerprint density at radius 3 is 1.93 bits per heavy atom. The van der Waals surface area contributed by atoms with Gasteiger partial charge in [0.1, 0.15) is 0 Å². The van der Waals surface area contributed by atoms with E-state index in [0.717, 1.165) is 55.3 Å². The summed E-state index contributed by atoms with van der Waals surface area (Å²) < 4.78 is 0. The Kier molecular flexibility index (Phi) is 6.68. The number of hydrogen-bond donors (Lipinski definition) is 0. The predicted molar refractivity (Wildman–Crippen MR) is 238 cm³/mol. The molecule has 9 aromatic carbocycles. The summed E-state index contributed by atoms with van der Waals surface area (Å²) in [5, 5.41) is 10.9. The van der Waals surface area contributed by atoms with Crippen LogP contribution in [0.15, 0.2) is 176 Å². The zero-order valence-corrected chi connectivity index (χ0v) is 31.6. The van der Waals surface area contributed by atoms with Gasteiger partial charge in [0.15, 0.2) is 5.82 Å². The first-order valence-corrected chi connectivity index (χ1v) is 19.7. The molecule has 0 N–H and O–H groups in total. The number of aromatic nitrogens is 3. The number of nitrogens with zero attached hydrogens (tertiary/aromatic N) is 3. The van der Waals surface area contributed by atoms with Crippen molar-refractivity contribution in [2.24, 2.45) is 0 Å². The Labute approximate surface area is 330 Å². The first-order valence-electron chi connectivity index (χ1n) is 19.7. The molecule has 266 valence electrons. The fraction of sp³-hybridized carbons (Fsp3) is 0.0556. The van der Waals surface area contributed by atoms with Gasteiger partial charge in [-0.3, -0.25) is 4.98 Å². The lowest BCUT2D eigenvalue weighted by atomic mass is 9.81. The molecule has 3 heteroatoms. The van der Waals surface area contributed by atoms with Crippen LogP contribution in [0.4, 0.5) is 0 Å². The highest BCUT2D eigenvalue weighted by molar-refractivity contribution is 6.25. The molecule has 0 unspecified atom stereocenters. The average Bonchev–Trinajstić information content (AvgIpc) is 3.50. The summed E-state index contributed by atoms with van der Waals surface area (Å²) in [6.45, 7) is 4.67. The molecule has 1 aliphatic carbocycles. The molecule has 0 saturated heterocycles. The van der Waals surface area contributed by atoms with Gasteiger partial charge in [-0.15, -0.1) is 0 Å². The second-order valence-electron chi connectivity index (χ2n) is 16.0. The second kappa shape index (κ2) is 11.9. The Morgan fingerprint density at radius 2 is 1.05 bits per heavy atom. The van der Waals surface area contributed by atoms with Crippen molar-refractivity contribution >= 4 is 54.0 Å². The summed E-state index contributed by atoms with van der Waals surface area (Å²) in [6, 6.07) is 61.6. The van der Waals surface area contributed by atoms with Crippen LogP contribution in [0.25, 0.3) is 110 Å². The van der Waals surface area contributed by atoms with E-state index in [-0.39, 0.29) is 5.41 Å². The van der Waals surface area contributed by atoms with Crippen molar-refractivity contribution in [3.63, 3.8) is 0 Å². The SMILES string of the molecule is CC1(C)c2ccccc2-c2ccc(-c3cccc(-c4nc(-c5ccc(-c6ccc7ccc8cccc9ccc6c7c89)nc5)nc5c4ccc4ccccc45)c3)cc21. The number of fused-ring (bicyclic) bond motifs is 6.